The predicted molar refractivity (Wildman–Crippen MR) is 88.0 cm³/mol. The van der Waals surface area contributed by atoms with Crippen LogP contribution in [0.15, 0.2) is 18.2 Å². The monoisotopic (exact) mass is 398 g/mol. The van der Waals surface area contributed by atoms with Gasteiger partial charge in [0.15, 0.2) is 0 Å². The van der Waals surface area contributed by atoms with Crippen molar-refractivity contribution in [1.29, 1.82) is 0 Å². The first-order valence-corrected chi connectivity index (χ1v) is 8.75. The molecule has 0 radical (unpaired) electrons. The smallest absolute Gasteiger partial charge is 0.390 e. The van der Waals surface area contributed by atoms with Crippen LogP contribution in [0, 0.1) is 5.41 Å². The summed E-state index contributed by atoms with van der Waals surface area (Å²) in [6.07, 6.45) is -8.20. The minimum Gasteiger partial charge on any atom is -0.390 e. The van der Waals surface area contributed by atoms with Gasteiger partial charge in [-0.1, -0.05) is 6.92 Å². The Hall–Kier alpha value is -1.28. The number of alkyl halides is 6. The molecule has 1 unspecified atom stereocenters. The fourth-order valence-corrected chi connectivity index (χ4v) is 3.17. The molecule has 1 N–H and O–H groups in total. The summed E-state index contributed by atoms with van der Waals surface area (Å²) in [4.78, 5) is 0. The second kappa shape index (κ2) is 7.28. The third-order valence-electron chi connectivity index (χ3n) is 5.30. The second-order valence-corrected chi connectivity index (χ2v) is 8.10. The van der Waals surface area contributed by atoms with Gasteiger partial charge < -0.3 is 9.84 Å². The summed E-state index contributed by atoms with van der Waals surface area (Å²) in [6, 6.07) is 1.52. The van der Waals surface area contributed by atoms with Crippen LogP contribution in [-0.4, -0.2) is 17.3 Å². The minimum atomic E-state index is -4.88. The predicted octanol–water partition coefficient (Wildman–Crippen LogP) is 6.13. The van der Waals surface area contributed by atoms with Gasteiger partial charge in [-0.2, -0.15) is 26.3 Å². The quantitative estimate of drug-likeness (QED) is 0.618. The Balaban J connectivity index is 2.17. The lowest BCUT2D eigenvalue weighted by Gasteiger charge is -2.40. The van der Waals surface area contributed by atoms with E-state index in [-0.39, 0.29) is 23.7 Å². The summed E-state index contributed by atoms with van der Waals surface area (Å²) in [6.45, 7) is 5.33. The molecular formula is C19H24F6O2. The topological polar surface area (TPSA) is 29.5 Å². The molecule has 0 bridgehead atoms. The fourth-order valence-electron chi connectivity index (χ4n) is 3.17. The molecular weight excluding hydrogens is 374 g/mol. The van der Waals surface area contributed by atoms with Crippen LogP contribution >= 0.6 is 0 Å². The van der Waals surface area contributed by atoms with Gasteiger partial charge in [-0.25, -0.2) is 0 Å². The van der Waals surface area contributed by atoms with E-state index >= 15 is 0 Å². The van der Waals surface area contributed by atoms with Crippen molar-refractivity contribution in [2.45, 2.75) is 70.5 Å². The second-order valence-electron chi connectivity index (χ2n) is 8.10. The van der Waals surface area contributed by atoms with Gasteiger partial charge in [0.2, 0.25) is 0 Å². The third kappa shape index (κ3) is 5.85. The number of aliphatic hydroxyl groups is 1. The van der Waals surface area contributed by atoms with Gasteiger partial charge in [-0.15, -0.1) is 0 Å². The third-order valence-corrected chi connectivity index (χ3v) is 5.30. The maximum atomic E-state index is 13.0. The SMILES string of the molecule is CC(OCC1(C)CCC(C)(O)CC1)c1cc(C(F)(F)F)cc(C(F)(F)F)c1. The lowest BCUT2D eigenvalue weighted by molar-refractivity contribution is -0.143. The molecule has 8 heteroatoms. The minimum absolute atomic E-state index is 0.112. The van der Waals surface area contributed by atoms with Crippen molar-refractivity contribution in [1.82, 2.24) is 0 Å². The highest BCUT2D eigenvalue weighted by molar-refractivity contribution is 5.34. The highest BCUT2D eigenvalue weighted by Gasteiger charge is 2.39. The van der Waals surface area contributed by atoms with Crippen molar-refractivity contribution in [2.24, 2.45) is 5.41 Å². The van der Waals surface area contributed by atoms with Crippen molar-refractivity contribution in [3.05, 3.63) is 34.9 Å². The molecule has 0 spiro atoms. The number of ether oxygens (including phenoxy) is 1. The molecule has 1 aliphatic rings. The first-order valence-electron chi connectivity index (χ1n) is 8.75. The average Bonchev–Trinajstić information content (AvgIpc) is 2.54. The van der Waals surface area contributed by atoms with Gasteiger partial charge in [-0.3, -0.25) is 0 Å². The number of hydrogen-bond acceptors (Lipinski definition) is 2. The van der Waals surface area contributed by atoms with Crippen LogP contribution < -0.4 is 0 Å². The number of rotatable bonds is 4. The van der Waals surface area contributed by atoms with Crippen molar-refractivity contribution < 1.29 is 36.2 Å². The zero-order chi connectivity index (χ0) is 20.7. The van der Waals surface area contributed by atoms with E-state index in [9.17, 15) is 31.4 Å². The number of halogens is 6. The van der Waals surface area contributed by atoms with Gasteiger partial charge >= 0.3 is 12.4 Å². The molecule has 0 aromatic heterocycles. The molecule has 0 aliphatic heterocycles. The normalized spacial score (nSPS) is 28.2. The molecule has 1 aromatic rings. The van der Waals surface area contributed by atoms with Crippen LogP contribution in [0.25, 0.3) is 0 Å². The van der Waals surface area contributed by atoms with Crippen LogP contribution in [0.1, 0.15) is 69.2 Å². The van der Waals surface area contributed by atoms with Gasteiger partial charge in [0, 0.05) is 0 Å². The molecule has 2 nitrogen and oxygen atoms in total. The van der Waals surface area contributed by atoms with E-state index in [4.69, 9.17) is 4.74 Å². The Labute approximate surface area is 154 Å². The fraction of sp³-hybridized carbons (Fsp3) is 0.684. The maximum absolute atomic E-state index is 13.0. The van der Waals surface area contributed by atoms with Gasteiger partial charge in [0.05, 0.1) is 29.4 Å². The zero-order valence-corrected chi connectivity index (χ0v) is 15.5. The summed E-state index contributed by atoms with van der Waals surface area (Å²) in [5, 5.41) is 10.0. The molecule has 154 valence electrons. The van der Waals surface area contributed by atoms with Crippen LogP contribution in [0.5, 0.6) is 0 Å². The van der Waals surface area contributed by atoms with E-state index < -0.39 is 35.2 Å². The molecule has 1 atom stereocenters. The van der Waals surface area contributed by atoms with Gasteiger partial charge in [0.1, 0.15) is 0 Å². The Morgan fingerprint density at radius 2 is 1.37 bits per heavy atom. The lowest BCUT2D eigenvalue weighted by atomic mass is 9.71. The standard InChI is InChI=1S/C19H24F6O2/c1-12(27-11-16(2)4-6-17(3,26)7-5-16)13-8-14(18(20,21)22)10-15(9-13)19(23,24)25/h8-10,12,26H,4-7,11H2,1-3H3. The van der Waals surface area contributed by atoms with E-state index in [1.165, 1.54) is 6.92 Å². The van der Waals surface area contributed by atoms with Crippen LogP contribution in [-0.2, 0) is 17.1 Å². The van der Waals surface area contributed by atoms with Crippen molar-refractivity contribution in [3.63, 3.8) is 0 Å². The van der Waals surface area contributed by atoms with E-state index in [1.807, 2.05) is 6.92 Å². The van der Waals surface area contributed by atoms with Crippen molar-refractivity contribution >= 4 is 0 Å². The average molecular weight is 398 g/mol. The van der Waals surface area contributed by atoms with Crippen LogP contribution in [0.3, 0.4) is 0 Å². The Kier molecular flexibility index (Phi) is 5.93. The molecule has 0 amide bonds. The Morgan fingerprint density at radius 1 is 0.926 bits per heavy atom. The first-order chi connectivity index (χ1) is 12.1. The van der Waals surface area contributed by atoms with E-state index in [1.54, 1.807) is 6.92 Å². The van der Waals surface area contributed by atoms with Gasteiger partial charge in [-0.05, 0) is 68.7 Å². The number of hydrogen-bond donors (Lipinski definition) is 1. The molecule has 1 saturated carbocycles. The molecule has 1 aliphatic carbocycles. The first kappa shape index (κ1) is 22.0. The highest BCUT2D eigenvalue weighted by Crippen LogP contribution is 2.42. The van der Waals surface area contributed by atoms with Crippen molar-refractivity contribution in [2.75, 3.05) is 6.61 Å². The molecule has 0 saturated heterocycles. The summed E-state index contributed by atoms with van der Waals surface area (Å²) < 4.78 is 83.5. The molecule has 1 aromatic carbocycles. The Morgan fingerprint density at radius 3 is 1.78 bits per heavy atom. The summed E-state index contributed by atoms with van der Waals surface area (Å²) in [5.41, 5.74) is -3.87. The van der Waals surface area contributed by atoms with Crippen LogP contribution in [0.2, 0.25) is 0 Å². The summed E-state index contributed by atoms with van der Waals surface area (Å²) in [7, 11) is 0. The molecule has 1 fully saturated rings. The molecule has 2 rings (SSSR count). The Bertz CT molecular complexity index is 621. The lowest BCUT2D eigenvalue weighted by Crippen LogP contribution is -2.37. The number of benzene rings is 1. The molecule has 0 heterocycles. The maximum Gasteiger partial charge on any atom is 0.416 e. The van der Waals surface area contributed by atoms with E-state index in [2.05, 4.69) is 0 Å². The molecule has 27 heavy (non-hydrogen) atoms. The largest absolute Gasteiger partial charge is 0.416 e. The zero-order valence-electron chi connectivity index (χ0n) is 15.5. The van der Waals surface area contributed by atoms with E-state index in [0.29, 0.717) is 37.8 Å². The van der Waals surface area contributed by atoms with Crippen molar-refractivity contribution in [3.8, 4) is 0 Å². The summed E-state index contributed by atoms with van der Waals surface area (Å²) in [5.74, 6) is 0. The van der Waals surface area contributed by atoms with Crippen LogP contribution in [0.4, 0.5) is 26.3 Å². The van der Waals surface area contributed by atoms with Gasteiger partial charge in [0.25, 0.3) is 0 Å². The highest BCUT2D eigenvalue weighted by atomic mass is 19.4. The summed E-state index contributed by atoms with van der Waals surface area (Å²) >= 11 is 0. The van der Waals surface area contributed by atoms with E-state index in [0.717, 1.165) is 0 Å².